The van der Waals surface area contributed by atoms with Gasteiger partial charge in [0.2, 0.25) is 5.89 Å². The highest BCUT2D eigenvalue weighted by Gasteiger charge is 2.20. The molecule has 0 saturated carbocycles. The molecule has 0 bridgehead atoms. The van der Waals surface area contributed by atoms with Crippen molar-refractivity contribution in [3.05, 3.63) is 76.5 Å². The van der Waals surface area contributed by atoms with Crippen LogP contribution < -0.4 is 11.1 Å². The molecule has 0 unspecified atom stereocenters. The Morgan fingerprint density at radius 1 is 1.17 bits per heavy atom. The van der Waals surface area contributed by atoms with Crippen LogP contribution in [0.15, 0.2) is 63.8 Å². The van der Waals surface area contributed by atoms with E-state index in [1.165, 1.54) is 19.1 Å². The molecule has 8 nitrogen and oxygen atoms in total. The summed E-state index contributed by atoms with van der Waals surface area (Å²) in [5.74, 6) is -2.33. The minimum absolute atomic E-state index is 0.0833. The van der Waals surface area contributed by atoms with Crippen molar-refractivity contribution < 1.29 is 23.1 Å². The summed E-state index contributed by atoms with van der Waals surface area (Å²) in [6, 6.07) is 14.7. The van der Waals surface area contributed by atoms with Crippen LogP contribution in [-0.2, 0) is 27.3 Å². The standard InChI is InChI=1S/C21H20FN3O5/c1-14(19(27)23-12-11-15-7-9-17(22)10-8-15)29-18(26)13-25-21(28)30-20(24-25)16-5-3-2-4-6-16/h2-10,14H,11-13H2,1H3,(H,23,27)/t14-/m1/s1. The van der Waals surface area contributed by atoms with Gasteiger partial charge in [0.1, 0.15) is 12.4 Å². The maximum atomic E-state index is 12.9. The van der Waals surface area contributed by atoms with E-state index in [4.69, 9.17) is 9.15 Å². The van der Waals surface area contributed by atoms with E-state index in [9.17, 15) is 18.8 Å². The molecular formula is C21H20FN3O5. The van der Waals surface area contributed by atoms with Crippen LogP contribution in [-0.4, -0.2) is 34.3 Å². The van der Waals surface area contributed by atoms with E-state index in [1.807, 2.05) is 6.07 Å². The highest BCUT2D eigenvalue weighted by Crippen LogP contribution is 2.13. The molecule has 0 saturated heterocycles. The Morgan fingerprint density at radius 2 is 1.87 bits per heavy atom. The number of carbonyl (C=O) groups is 2. The van der Waals surface area contributed by atoms with Crippen LogP contribution in [0, 0.1) is 5.82 Å². The molecule has 3 rings (SSSR count). The summed E-state index contributed by atoms with van der Waals surface area (Å²) in [6.45, 7) is 1.24. The molecule has 30 heavy (non-hydrogen) atoms. The number of hydrogen-bond donors (Lipinski definition) is 1. The number of esters is 1. The maximum absolute atomic E-state index is 12.9. The highest BCUT2D eigenvalue weighted by atomic mass is 19.1. The average molecular weight is 413 g/mol. The summed E-state index contributed by atoms with van der Waals surface area (Å²) in [7, 11) is 0. The number of carbonyl (C=O) groups excluding carboxylic acids is 2. The molecule has 0 aliphatic heterocycles. The Bertz CT molecular complexity index is 1060. The Hall–Kier alpha value is -3.75. The minimum Gasteiger partial charge on any atom is -0.451 e. The number of aromatic nitrogens is 2. The lowest BCUT2D eigenvalue weighted by molar-refractivity contribution is -0.155. The Labute approximate surface area is 171 Å². The third-order valence-corrected chi connectivity index (χ3v) is 4.21. The molecule has 0 aliphatic rings. The van der Waals surface area contributed by atoms with E-state index in [2.05, 4.69) is 10.4 Å². The first kappa shape index (κ1) is 21.0. The fraction of sp³-hybridized carbons (Fsp3) is 0.238. The third-order valence-electron chi connectivity index (χ3n) is 4.21. The zero-order valence-corrected chi connectivity index (χ0v) is 16.2. The van der Waals surface area contributed by atoms with Gasteiger partial charge in [-0.05, 0) is 43.2 Å². The van der Waals surface area contributed by atoms with Gasteiger partial charge in [0.05, 0.1) is 0 Å². The van der Waals surface area contributed by atoms with Crippen LogP contribution in [0.2, 0.25) is 0 Å². The van der Waals surface area contributed by atoms with E-state index in [0.717, 1.165) is 10.2 Å². The summed E-state index contributed by atoms with van der Waals surface area (Å²) in [5.41, 5.74) is 1.46. The van der Waals surface area contributed by atoms with E-state index in [0.29, 0.717) is 18.5 Å². The lowest BCUT2D eigenvalue weighted by Gasteiger charge is -2.13. The molecule has 1 aromatic heterocycles. The van der Waals surface area contributed by atoms with Gasteiger partial charge in [-0.3, -0.25) is 9.59 Å². The van der Waals surface area contributed by atoms with Crippen LogP contribution in [0.4, 0.5) is 4.39 Å². The highest BCUT2D eigenvalue weighted by molar-refractivity contribution is 5.83. The first-order valence-corrected chi connectivity index (χ1v) is 9.27. The average Bonchev–Trinajstić information content (AvgIpc) is 3.10. The number of nitrogens with one attached hydrogen (secondary N) is 1. The fourth-order valence-electron chi connectivity index (χ4n) is 2.64. The SMILES string of the molecule is C[C@@H](OC(=O)Cn1nc(-c2ccccc2)oc1=O)C(=O)NCCc1ccc(F)cc1. The van der Waals surface area contributed by atoms with Crippen molar-refractivity contribution in [2.45, 2.75) is 26.0 Å². The van der Waals surface area contributed by atoms with E-state index >= 15 is 0 Å². The van der Waals surface area contributed by atoms with Gasteiger partial charge in [-0.15, -0.1) is 5.10 Å². The molecule has 0 aliphatic carbocycles. The number of hydrogen-bond acceptors (Lipinski definition) is 6. The van der Waals surface area contributed by atoms with Crippen molar-refractivity contribution >= 4 is 11.9 Å². The van der Waals surface area contributed by atoms with Crippen molar-refractivity contribution in [3.63, 3.8) is 0 Å². The van der Waals surface area contributed by atoms with Gasteiger partial charge in [-0.1, -0.05) is 30.3 Å². The zero-order chi connectivity index (χ0) is 21.5. The number of nitrogens with zero attached hydrogens (tertiary/aromatic N) is 2. The predicted octanol–water partition coefficient (Wildman–Crippen LogP) is 1.93. The number of halogens is 1. The van der Waals surface area contributed by atoms with Crippen LogP contribution in [0.5, 0.6) is 0 Å². The molecule has 9 heteroatoms. The largest absolute Gasteiger partial charge is 0.451 e. The molecule has 2 aromatic carbocycles. The zero-order valence-electron chi connectivity index (χ0n) is 16.2. The fourth-order valence-corrected chi connectivity index (χ4v) is 2.64. The molecule has 0 radical (unpaired) electrons. The summed E-state index contributed by atoms with van der Waals surface area (Å²) in [5, 5.41) is 6.61. The van der Waals surface area contributed by atoms with Gasteiger partial charge in [0.15, 0.2) is 6.10 Å². The third kappa shape index (κ3) is 5.63. The monoisotopic (exact) mass is 413 g/mol. The maximum Gasteiger partial charge on any atom is 0.437 e. The number of benzene rings is 2. The van der Waals surface area contributed by atoms with E-state index < -0.39 is 30.3 Å². The topological polar surface area (TPSA) is 103 Å². The quantitative estimate of drug-likeness (QED) is 0.566. The summed E-state index contributed by atoms with van der Waals surface area (Å²) >= 11 is 0. The normalized spacial score (nSPS) is 11.7. The number of rotatable bonds is 8. The Balaban J connectivity index is 1.48. The molecule has 1 amide bonds. The van der Waals surface area contributed by atoms with E-state index in [1.54, 1.807) is 36.4 Å². The van der Waals surface area contributed by atoms with Gasteiger partial charge in [0, 0.05) is 12.1 Å². The molecule has 1 N–H and O–H groups in total. The van der Waals surface area contributed by atoms with Gasteiger partial charge in [0.25, 0.3) is 5.91 Å². The van der Waals surface area contributed by atoms with Crippen LogP contribution in [0.25, 0.3) is 11.5 Å². The Kier molecular flexibility index (Phi) is 6.74. The molecule has 0 spiro atoms. The second kappa shape index (κ2) is 9.64. The van der Waals surface area contributed by atoms with Crippen LogP contribution in [0.3, 0.4) is 0 Å². The number of ether oxygens (including phenoxy) is 1. The van der Waals surface area contributed by atoms with Gasteiger partial charge >= 0.3 is 11.7 Å². The second-order valence-corrected chi connectivity index (χ2v) is 6.50. The van der Waals surface area contributed by atoms with Crippen molar-refractivity contribution in [2.75, 3.05) is 6.54 Å². The lowest BCUT2D eigenvalue weighted by Crippen LogP contribution is -2.38. The first-order valence-electron chi connectivity index (χ1n) is 9.27. The lowest BCUT2D eigenvalue weighted by atomic mass is 10.1. The molecule has 1 heterocycles. The number of amides is 1. The molecule has 1 atom stereocenters. The van der Waals surface area contributed by atoms with Crippen molar-refractivity contribution in [3.8, 4) is 11.5 Å². The predicted molar refractivity (Wildman–Crippen MR) is 105 cm³/mol. The molecular weight excluding hydrogens is 393 g/mol. The van der Waals surface area contributed by atoms with Crippen molar-refractivity contribution in [2.24, 2.45) is 0 Å². The van der Waals surface area contributed by atoms with E-state index in [-0.39, 0.29) is 11.7 Å². The molecule has 156 valence electrons. The van der Waals surface area contributed by atoms with Gasteiger partial charge < -0.3 is 14.5 Å². The summed E-state index contributed by atoms with van der Waals surface area (Å²) in [6.07, 6.45) is -0.551. The van der Waals surface area contributed by atoms with Gasteiger partial charge in [-0.25, -0.2) is 9.18 Å². The summed E-state index contributed by atoms with van der Waals surface area (Å²) < 4.78 is 23.8. The van der Waals surface area contributed by atoms with Crippen LogP contribution in [0.1, 0.15) is 12.5 Å². The van der Waals surface area contributed by atoms with Crippen molar-refractivity contribution in [1.29, 1.82) is 0 Å². The van der Waals surface area contributed by atoms with Crippen molar-refractivity contribution in [1.82, 2.24) is 15.1 Å². The minimum atomic E-state index is -1.05. The summed E-state index contributed by atoms with van der Waals surface area (Å²) in [4.78, 5) is 36.0. The first-order chi connectivity index (χ1) is 14.4. The molecule has 0 fully saturated rings. The smallest absolute Gasteiger partial charge is 0.437 e. The Morgan fingerprint density at radius 3 is 2.57 bits per heavy atom. The molecule has 3 aromatic rings. The second-order valence-electron chi connectivity index (χ2n) is 6.50. The van der Waals surface area contributed by atoms with Crippen LogP contribution >= 0.6 is 0 Å². The van der Waals surface area contributed by atoms with Gasteiger partial charge in [-0.2, -0.15) is 4.68 Å².